The molecule has 0 aliphatic carbocycles. The van der Waals surface area contributed by atoms with Gasteiger partial charge in [0.25, 0.3) is 0 Å². The summed E-state index contributed by atoms with van der Waals surface area (Å²) in [4.78, 5) is 32.0. The number of carbonyl (C=O) groups excluding carboxylic acids is 2. The minimum atomic E-state index is 0.0621. The molecular formula is C27H36N4O2. The first-order chi connectivity index (χ1) is 15.9. The number of amides is 2. The average molecular weight is 449 g/mol. The molecule has 0 saturated carbocycles. The molecule has 3 rings (SSSR count). The molecule has 6 heteroatoms. The zero-order valence-corrected chi connectivity index (χ0v) is 20.3. The molecule has 176 valence electrons. The number of aryl methyl sites for hydroxylation is 2. The lowest BCUT2D eigenvalue weighted by Gasteiger charge is -2.31. The monoisotopic (exact) mass is 448 g/mol. The topological polar surface area (TPSA) is 67.2 Å². The Morgan fingerprint density at radius 1 is 0.939 bits per heavy atom. The summed E-state index contributed by atoms with van der Waals surface area (Å²) >= 11 is 0. The van der Waals surface area contributed by atoms with Crippen molar-refractivity contribution < 1.29 is 9.59 Å². The van der Waals surface area contributed by atoms with E-state index in [0.717, 1.165) is 29.7 Å². The summed E-state index contributed by atoms with van der Waals surface area (Å²) in [6.45, 7) is 9.05. The highest BCUT2D eigenvalue weighted by Gasteiger charge is 2.22. The second kappa shape index (κ2) is 11.6. The highest BCUT2D eigenvalue weighted by atomic mass is 16.2. The summed E-state index contributed by atoms with van der Waals surface area (Å²) in [6, 6.07) is 18.3. The number of nitrogens with one attached hydrogen (secondary N) is 1. The van der Waals surface area contributed by atoms with E-state index >= 15 is 0 Å². The van der Waals surface area contributed by atoms with Crippen LogP contribution in [0.3, 0.4) is 0 Å². The first kappa shape index (κ1) is 24.5. The molecule has 1 aromatic heterocycles. The molecule has 3 aromatic rings. The van der Waals surface area contributed by atoms with E-state index in [1.807, 2.05) is 91.8 Å². The number of fused-ring (bicyclic) bond motifs is 1. The first-order valence-electron chi connectivity index (χ1n) is 11.9. The second-order valence-corrected chi connectivity index (χ2v) is 9.03. The quantitative estimate of drug-likeness (QED) is 0.443. The maximum absolute atomic E-state index is 13.1. The molecular weight excluding hydrogens is 412 g/mol. The van der Waals surface area contributed by atoms with Gasteiger partial charge in [-0.2, -0.15) is 0 Å². The van der Waals surface area contributed by atoms with Crippen molar-refractivity contribution in [2.45, 2.75) is 72.0 Å². The lowest BCUT2D eigenvalue weighted by atomic mass is 10.1. The average Bonchev–Trinajstić information content (AvgIpc) is 3.12. The van der Waals surface area contributed by atoms with Gasteiger partial charge in [0.05, 0.1) is 11.0 Å². The number of para-hydroxylation sites is 2. The number of hydrogen-bond donors (Lipinski definition) is 1. The van der Waals surface area contributed by atoms with Crippen LogP contribution in [-0.2, 0) is 29.0 Å². The van der Waals surface area contributed by atoms with Crippen molar-refractivity contribution in [1.29, 1.82) is 0 Å². The number of imidazole rings is 1. The minimum Gasteiger partial charge on any atom is -0.356 e. The summed E-state index contributed by atoms with van der Waals surface area (Å²) in [5.41, 5.74) is 3.04. The van der Waals surface area contributed by atoms with E-state index in [2.05, 4.69) is 5.32 Å². The van der Waals surface area contributed by atoms with Crippen molar-refractivity contribution in [2.75, 3.05) is 6.54 Å². The number of carbonyl (C=O) groups is 2. The van der Waals surface area contributed by atoms with E-state index in [-0.39, 0.29) is 30.4 Å². The summed E-state index contributed by atoms with van der Waals surface area (Å²) < 4.78 is 2.03. The molecule has 0 aliphatic heterocycles. The molecule has 2 aromatic carbocycles. The molecule has 33 heavy (non-hydrogen) atoms. The van der Waals surface area contributed by atoms with Crippen molar-refractivity contribution in [2.24, 2.45) is 0 Å². The Kier molecular flexibility index (Phi) is 8.64. The van der Waals surface area contributed by atoms with Crippen molar-refractivity contribution in [3.05, 3.63) is 66.0 Å². The Morgan fingerprint density at radius 3 is 2.30 bits per heavy atom. The Labute approximate surface area is 197 Å². The van der Waals surface area contributed by atoms with Crippen LogP contribution in [0.4, 0.5) is 0 Å². The number of rotatable bonds is 11. The normalized spacial score (nSPS) is 11.3. The fourth-order valence-electron chi connectivity index (χ4n) is 4.35. The molecule has 0 atom stereocenters. The number of hydrogen-bond acceptors (Lipinski definition) is 3. The third kappa shape index (κ3) is 6.67. The zero-order valence-electron chi connectivity index (χ0n) is 20.3. The smallest absolute Gasteiger partial charge is 0.243 e. The van der Waals surface area contributed by atoms with Crippen molar-refractivity contribution >= 4 is 22.8 Å². The third-order valence-corrected chi connectivity index (χ3v) is 5.81. The Morgan fingerprint density at radius 2 is 1.61 bits per heavy atom. The molecule has 0 aliphatic rings. The van der Waals surface area contributed by atoms with Crippen LogP contribution in [0.1, 0.15) is 51.9 Å². The van der Waals surface area contributed by atoms with Gasteiger partial charge in [0, 0.05) is 31.5 Å². The van der Waals surface area contributed by atoms with Gasteiger partial charge >= 0.3 is 0 Å². The molecule has 0 spiro atoms. The third-order valence-electron chi connectivity index (χ3n) is 5.81. The molecule has 0 radical (unpaired) electrons. The number of benzene rings is 2. The van der Waals surface area contributed by atoms with E-state index in [9.17, 15) is 9.59 Å². The molecule has 1 N–H and O–H groups in total. The van der Waals surface area contributed by atoms with Crippen LogP contribution in [0.5, 0.6) is 0 Å². The van der Waals surface area contributed by atoms with Crippen LogP contribution in [0.25, 0.3) is 11.0 Å². The Hall–Kier alpha value is -3.15. The van der Waals surface area contributed by atoms with Gasteiger partial charge in [-0.25, -0.2) is 4.98 Å². The van der Waals surface area contributed by atoms with Crippen molar-refractivity contribution in [1.82, 2.24) is 19.8 Å². The predicted molar refractivity (Wildman–Crippen MR) is 133 cm³/mol. The maximum atomic E-state index is 13.1. The van der Waals surface area contributed by atoms with Gasteiger partial charge in [0.2, 0.25) is 11.8 Å². The van der Waals surface area contributed by atoms with E-state index < -0.39 is 0 Å². The van der Waals surface area contributed by atoms with Crippen LogP contribution >= 0.6 is 0 Å². The molecule has 6 nitrogen and oxygen atoms in total. The van der Waals surface area contributed by atoms with Gasteiger partial charge < -0.3 is 14.8 Å². The van der Waals surface area contributed by atoms with Gasteiger partial charge in [-0.05, 0) is 58.2 Å². The second-order valence-electron chi connectivity index (χ2n) is 9.03. The van der Waals surface area contributed by atoms with Crippen molar-refractivity contribution in [3.63, 3.8) is 0 Å². The van der Waals surface area contributed by atoms with Crippen LogP contribution in [0, 0.1) is 0 Å². The largest absolute Gasteiger partial charge is 0.356 e. The van der Waals surface area contributed by atoms with Crippen molar-refractivity contribution in [3.8, 4) is 0 Å². The standard InChI is InChI=1S/C27H36N4O2/c1-20(2)31(21(3)4)27(33)19-30-24-14-9-8-13-23(24)29-25(30)15-10-18-28-26(32)17-16-22-11-6-5-7-12-22/h5-9,11-14,20-21H,10,15-19H2,1-4H3,(H,28,32). The molecule has 0 unspecified atom stereocenters. The SMILES string of the molecule is CC(C)N(C(=O)Cn1c(CCCNC(=O)CCc2ccccc2)nc2ccccc21)C(C)C. The molecule has 0 fully saturated rings. The van der Waals surface area contributed by atoms with Gasteiger partial charge in [-0.3, -0.25) is 9.59 Å². The van der Waals surface area contributed by atoms with Crippen LogP contribution in [-0.4, -0.2) is 44.9 Å². The highest BCUT2D eigenvalue weighted by Crippen LogP contribution is 2.18. The Balaban J connectivity index is 1.60. The Bertz CT molecular complexity index is 1050. The summed E-state index contributed by atoms with van der Waals surface area (Å²) in [6.07, 6.45) is 2.70. The predicted octanol–water partition coefficient (Wildman–Crippen LogP) is 4.36. The van der Waals surface area contributed by atoms with E-state index in [0.29, 0.717) is 19.4 Å². The maximum Gasteiger partial charge on any atom is 0.243 e. The number of nitrogens with zero attached hydrogens (tertiary/aromatic N) is 3. The summed E-state index contributed by atoms with van der Waals surface area (Å²) in [5, 5.41) is 3.01. The zero-order chi connectivity index (χ0) is 23.8. The fraction of sp³-hybridized carbons (Fsp3) is 0.444. The minimum absolute atomic E-state index is 0.0621. The number of aromatic nitrogens is 2. The first-order valence-corrected chi connectivity index (χ1v) is 11.9. The molecule has 0 bridgehead atoms. The van der Waals surface area contributed by atoms with E-state index in [1.54, 1.807) is 0 Å². The highest BCUT2D eigenvalue weighted by molar-refractivity contribution is 5.81. The molecule has 2 amide bonds. The van der Waals surface area contributed by atoms with E-state index in [4.69, 9.17) is 4.98 Å². The lowest BCUT2D eigenvalue weighted by Crippen LogP contribution is -2.43. The van der Waals surface area contributed by atoms with Crippen LogP contribution in [0.2, 0.25) is 0 Å². The van der Waals surface area contributed by atoms with E-state index in [1.165, 1.54) is 5.56 Å². The van der Waals surface area contributed by atoms with Gasteiger partial charge in [-0.15, -0.1) is 0 Å². The van der Waals surface area contributed by atoms with Crippen LogP contribution < -0.4 is 5.32 Å². The molecule has 1 heterocycles. The fourth-order valence-corrected chi connectivity index (χ4v) is 4.35. The van der Waals surface area contributed by atoms with Gasteiger partial charge in [0.1, 0.15) is 12.4 Å². The van der Waals surface area contributed by atoms with Gasteiger partial charge in [-0.1, -0.05) is 42.5 Å². The summed E-state index contributed by atoms with van der Waals surface area (Å²) in [7, 11) is 0. The lowest BCUT2D eigenvalue weighted by molar-refractivity contribution is -0.135. The molecule has 0 saturated heterocycles. The van der Waals surface area contributed by atoms with Gasteiger partial charge in [0.15, 0.2) is 0 Å². The van der Waals surface area contributed by atoms with Crippen LogP contribution in [0.15, 0.2) is 54.6 Å². The summed E-state index contributed by atoms with van der Waals surface area (Å²) in [5.74, 6) is 1.04.